The second-order valence-corrected chi connectivity index (χ2v) is 5.84. The zero-order valence-electron chi connectivity index (χ0n) is 12.6. The van der Waals surface area contributed by atoms with E-state index in [2.05, 4.69) is 11.4 Å². The van der Waals surface area contributed by atoms with Crippen LogP contribution in [0.5, 0.6) is 5.75 Å². The maximum Gasteiger partial charge on any atom is 0.167 e. The van der Waals surface area contributed by atoms with Crippen molar-refractivity contribution in [3.63, 3.8) is 0 Å². The van der Waals surface area contributed by atoms with Crippen molar-refractivity contribution in [1.29, 1.82) is 0 Å². The van der Waals surface area contributed by atoms with Crippen molar-refractivity contribution >= 4 is 5.78 Å². The third-order valence-corrected chi connectivity index (χ3v) is 4.37. The quantitative estimate of drug-likeness (QED) is 0.834. The number of hydrogen-bond donors (Lipinski definition) is 2. The monoisotopic (exact) mass is 295 g/mol. The molecule has 3 heteroatoms. The van der Waals surface area contributed by atoms with E-state index in [4.69, 9.17) is 0 Å². The number of aryl methyl sites for hydroxylation is 1. The zero-order chi connectivity index (χ0) is 15.4. The number of rotatable bonds is 5. The number of nitrogens with one attached hydrogen (secondary N) is 1. The number of carbonyl (C=O) groups is 1. The molecule has 22 heavy (non-hydrogen) atoms. The zero-order valence-corrected chi connectivity index (χ0v) is 12.6. The molecule has 0 heterocycles. The summed E-state index contributed by atoms with van der Waals surface area (Å²) in [6.07, 6.45) is 2.66. The lowest BCUT2D eigenvalue weighted by Gasteiger charge is -2.23. The van der Waals surface area contributed by atoms with Gasteiger partial charge in [-0.3, -0.25) is 4.79 Å². The van der Waals surface area contributed by atoms with Crippen LogP contribution < -0.4 is 5.32 Å². The van der Waals surface area contributed by atoms with Crippen LogP contribution >= 0.6 is 0 Å². The molecule has 0 aliphatic heterocycles. The fourth-order valence-electron chi connectivity index (χ4n) is 3.08. The molecule has 1 unspecified atom stereocenters. The highest BCUT2D eigenvalue weighted by Crippen LogP contribution is 2.25. The molecule has 1 aliphatic rings. The van der Waals surface area contributed by atoms with E-state index in [1.54, 1.807) is 6.07 Å². The first-order valence-corrected chi connectivity index (χ1v) is 7.85. The van der Waals surface area contributed by atoms with Crippen molar-refractivity contribution in [3.05, 3.63) is 65.2 Å². The molecule has 0 saturated heterocycles. The Kier molecular flexibility index (Phi) is 4.54. The van der Waals surface area contributed by atoms with Gasteiger partial charge in [-0.1, -0.05) is 42.5 Å². The minimum absolute atomic E-state index is 0.0688. The maximum absolute atomic E-state index is 12.5. The van der Waals surface area contributed by atoms with Crippen molar-refractivity contribution in [2.75, 3.05) is 13.1 Å². The summed E-state index contributed by atoms with van der Waals surface area (Å²) >= 11 is 0. The Morgan fingerprint density at radius 3 is 2.73 bits per heavy atom. The van der Waals surface area contributed by atoms with Gasteiger partial charge >= 0.3 is 0 Å². The summed E-state index contributed by atoms with van der Waals surface area (Å²) in [4.78, 5) is 12.5. The van der Waals surface area contributed by atoms with Crippen LogP contribution in [-0.4, -0.2) is 24.0 Å². The predicted octanol–water partition coefficient (Wildman–Crippen LogP) is 2.97. The Morgan fingerprint density at radius 2 is 1.86 bits per heavy atom. The van der Waals surface area contributed by atoms with E-state index in [0.29, 0.717) is 12.3 Å². The van der Waals surface area contributed by atoms with E-state index < -0.39 is 0 Å². The molecular formula is C19H21NO2. The van der Waals surface area contributed by atoms with Crippen LogP contribution in [0.1, 0.15) is 27.9 Å². The normalized spacial score (nSPS) is 17.3. The first kappa shape index (κ1) is 14.8. The molecule has 2 aromatic rings. The molecule has 1 aliphatic carbocycles. The Morgan fingerprint density at radius 1 is 1.09 bits per heavy atom. The number of para-hydroxylation sites is 1. The number of phenols is 1. The van der Waals surface area contributed by atoms with Gasteiger partial charge in [0.25, 0.3) is 0 Å². The van der Waals surface area contributed by atoms with Gasteiger partial charge in [0, 0.05) is 18.0 Å². The Labute approximate surface area is 131 Å². The average Bonchev–Trinajstić information content (AvgIpc) is 2.55. The van der Waals surface area contributed by atoms with E-state index in [1.807, 2.05) is 36.4 Å². The third-order valence-electron chi connectivity index (χ3n) is 4.37. The van der Waals surface area contributed by atoms with Gasteiger partial charge in [0.15, 0.2) is 5.78 Å². The molecule has 0 spiro atoms. The highest BCUT2D eigenvalue weighted by atomic mass is 16.3. The number of fused-ring (bicyclic) bond motifs is 1. The number of aromatic hydroxyl groups is 1. The highest BCUT2D eigenvalue weighted by Gasteiger charge is 2.26. The van der Waals surface area contributed by atoms with Crippen LogP contribution in [0, 0.1) is 5.92 Å². The van der Waals surface area contributed by atoms with Crippen LogP contribution in [0.15, 0.2) is 48.5 Å². The second-order valence-electron chi connectivity index (χ2n) is 5.84. The van der Waals surface area contributed by atoms with Crippen molar-refractivity contribution in [2.45, 2.75) is 19.3 Å². The van der Waals surface area contributed by atoms with Crippen molar-refractivity contribution in [1.82, 2.24) is 5.32 Å². The number of benzene rings is 2. The van der Waals surface area contributed by atoms with Gasteiger partial charge in [0.1, 0.15) is 5.75 Å². The van der Waals surface area contributed by atoms with Gasteiger partial charge in [-0.2, -0.15) is 0 Å². The Balaban J connectivity index is 1.51. The summed E-state index contributed by atoms with van der Waals surface area (Å²) in [7, 11) is 0. The maximum atomic E-state index is 12.5. The standard InChI is InChI=1S/C19H21NO2/c21-18-8-4-2-6-15(18)11-12-20-13-16-10-9-14-5-1-3-7-17(14)19(16)22/h1-8,16,20-21H,9-13H2. The molecule has 0 bridgehead atoms. The molecule has 114 valence electrons. The van der Waals surface area contributed by atoms with E-state index in [9.17, 15) is 9.90 Å². The predicted molar refractivity (Wildman–Crippen MR) is 87.3 cm³/mol. The number of phenolic OH excluding ortho intramolecular Hbond substituents is 1. The smallest absolute Gasteiger partial charge is 0.167 e. The van der Waals surface area contributed by atoms with Gasteiger partial charge in [-0.15, -0.1) is 0 Å². The fourth-order valence-corrected chi connectivity index (χ4v) is 3.08. The van der Waals surface area contributed by atoms with E-state index in [0.717, 1.165) is 36.9 Å². The van der Waals surface area contributed by atoms with E-state index in [-0.39, 0.29) is 11.7 Å². The van der Waals surface area contributed by atoms with Crippen LogP contribution in [0.25, 0.3) is 0 Å². The summed E-state index contributed by atoms with van der Waals surface area (Å²) in [5.74, 6) is 0.670. The molecule has 0 amide bonds. The largest absolute Gasteiger partial charge is 0.508 e. The molecule has 3 nitrogen and oxygen atoms in total. The average molecular weight is 295 g/mol. The van der Waals surface area contributed by atoms with Gasteiger partial charge < -0.3 is 10.4 Å². The van der Waals surface area contributed by atoms with Crippen molar-refractivity contribution in [3.8, 4) is 5.75 Å². The Bertz CT molecular complexity index is 666. The fraction of sp³-hybridized carbons (Fsp3) is 0.316. The summed E-state index contributed by atoms with van der Waals surface area (Å²) < 4.78 is 0. The summed E-state index contributed by atoms with van der Waals surface area (Å²) in [6.45, 7) is 1.48. The summed E-state index contributed by atoms with van der Waals surface area (Å²) in [5, 5.41) is 13.1. The van der Waals surface area contributed by atoms with Crippen molar-refractivity contribution in [2.24, 2.45) is 5.92 Å². The number of carbonyl (C=O) groups excluding carboxylic acids is 1. The molecule has 1 atom stereocenters. The van der Waals surface area contributed by atoms with Crippen molar-refractivity contribution < 1.29 is 9.90 Å². The van der Waals surface area contributed by atoms with Gasteiger partial charge in [-0.05, 0) is 43.0 Å². The van der Waals surface area contributed by atoms with Crippen LogP contribution in [-0.2, 0) is 12.8 Å². The molecule has 0 saturated carbocycles. The molecular weight excluding hydrogens is 274 g/mol. The third kappa shape index (κ3) is 3.20. The molecule has 0 fully saturated rings. The first-order valence-electron chi connectivity index (χ1n) is 7.85. The molecule has 2 N–H and O–H groups in total. The van der Waals surface area contributed by atoms with E-state index in [1.165, 1.54) is 5.56 Å². The SMILES string of the molecule is O=C1c2ccccc2CCC1CNCCc1ccccc1O. The summed E-state index contributed by atoms with van der Waals surface area (Å²) in [5.41, 5.74) is 3.01. The molecule has 0 radical (unpaired) electrons. The second kappa shape index (κ2) is 6.75. The van der Waals surface area contributed by atoms with Gasteiger partial charge in [0.2, 0.25) is 0 Å². The molecule has 0 aromatic heterocycles. The van der Waals surface area contributed by atoms with Crippen LogP contribution in [0.4, 0.5) is 0 Å². The minimum Gasteiger partial charge on any atom is -0.508 e. The lowest BCUT2D eigenvalue weighted by molar-refractivity contribution is 0.0901. The van der Waals surface area contributed by atoms with Gasteiger partial charge in [0.05, 0.1) is 0 Å². The topological polar surface area (TPSA) is 49.3 Å². The number of Topliss-reactive ketones (excluding diaryl/α,β-unsaturated/α-hetero) is 1. The van der Waals surface area contributed by atoms with Crippen LogP contribution in [0.3, 0.4) is 0 Å². The van der Waals surface area contributed by atoms with Crippen LogP contribution in [0.2, 0.25) is 0 Å². The summed E-state index contributed by atoms with van der Waals surface area (Å²) in [6, 6.07) is 15.3. The molecule has 3 rings (SSSR count). The first-order chi connectivity index (χ1) is 10.8. The lowest BCUT2D eigenvalue weighted by atomic mass is 9.83. The van der Waals surface area contributed by atoms with E-state index >= 15 is 0 Å². The number of ketones is 1. The number of hydrogen-bond acceptors (Lipinski definition) is 3. The lowest BCUT2D eigenvalue weighted by Crippen LogP contribution is -2.33. The minimum atomic E-state index is 0.0688. The Hall–Kier alpha value is -2.13. The van der Waals surface area contributed by atoms with Gasteiger partial charge in [-0.25, -0.2) is 0 Å². The molecule has 2 aromatic carbocycles. The highest BCUT2D eigenvalue weighted by molar-refractivity contribution is 6.00.